The number of carbonyl (C=O) groups is 3. The summed E-state index contributed by atoms with van der Waals surface area (Å²) in [5.74, 6) is 0.630. The number of aryl methyl sites for hydroxylation is 1. The predicted octanol–water partition coefficient (Wildman–Crippen LogP) is 2.85. The summed E-state index contributed by atoms with van der Waals surface area (Å²) in [6.45, 7) is 4.88. The van der Waals surface area contributed by atoms with Gasteiger partial charge in [0.05, 0.1) is 12.1 Å². The number of rotatable bonds is 6. The smallest absolute Gasteiger partial charge is 0.321 e. The van der Waals surface area contributed by atoms with Gasteiger partial charge in [0.25, 0.3) is 0 Å². The SMILES string of the molecule is CCc1cc(C2CCN(C(=O)CCNC(=O)NC(C)=O)CC2)cc(OC)c1Cl. The third-order valence-electron chi connectivity index (χ3n) is 4.97. The van der Waals surface area contributed by atoms with Crippen LogP contribution in [-0.2, 0) is 16.0 Å². The molecule has 2 N–H and O–H groups in total. The summed E-state index contributed by atoms with van der Waals surface area (Å²) in [7, 11) is 1.62. The standard InChI is InChI=1S/C20H28ClN3O4/c1-4-14-11-16(12-17(28-3)19(14)21)15-6-9-24(10-7-15)18(26)5-8-22-20(27)23-13(2)25/h11-12,15H,4-10H2,1-3H3,(H2,22,23,25,27). The maximum Gasteiger partial charge on any atom is 0.321 e. The maximum atomic E-state index is 12.3. The van der Waals surface area contributed by atoms with Crippen LogP contribution < -0.4 is 15.4 Å². The third kappa shape index (κ3) is 5.86. The summed E-state index contributed by atoms with van der Waals surface area (Å²) in [6.07, 6.45) is 2.80. The number of hydrogen-bond donors (Lipinski definition) is 2. The molecule has 154 valence electrons. The Morgan fingerprint density at radius 3 is 2.50 bits per heavy atom. The maximum absolute atomic E-state index is 12.3. The van der Waals surface area contributed by atoms with Crippen molar-refractivity contribution < 1.29 is 19.1 Å². The monoisotopic (exact) mass is 409 g/mol. The number of methoxy groups -OCH3 is 1. The quantitative estimate of drug-likeness (QED) is 0.756. The van der Waals surface area contributed by atoms with Crippen LogP contribution in [0.3, 0.4) is 0 Å². The lowest BCUT2D eigenvalue weighted by Crippen LogP contribution is -2.42. The molecule has 28 heavy (non-hydrogen) atoms. The topological polar surface area (TPSA) is 87.7 Å². The molecule has 0 bridgehead atoms. The molecule has 1 heterocycles. The number of hydrogen-bond acceptors (Lipinski definition) is 4. The number of urea groups is 1. The Labute approximate surface area is 170 Å². The van der Waals surface area contributed by atoms with Crippen LogP contribution in [0.1, 0.15) is 50.2 Å². The number of nitrogens with one attached hydrogen (secondary N) is 2. The minimum Gasteiger partial charge on any atom is -0.495 e. The van der Waals surface area contributed by atoms with E-state index in [9.17, 15) is 14.4 Å². The zero-order chi connectivity index (χ0) is 20.7. The second-order valence-electron chi connectivity index (χ2n) is 6.89. The molecule has 0 aromatic heterocycles. The van der Waals surface area contributed by atoms with Crippen molar-refractivity contribution in [3.63, 3.8) is 0 Å². The summed E-state index contributed by atoms with van der Waals surface area (Å²) in [5, 5.41) is 5.28. The van der Waals surface area contributed by atoms with Crippen molar-refractivity contribution in [1.29, 1.82) is 0 Å². The van der Waals surface area contributed by atoms with Crippen LogP contribution >= 0.6 is 11.6 Å². The van der Waals surface area contributed by atoms with E-state index in [2.05, 4.69) is 23.6 Å². The molecule has 0 unspecified atom stereocenters. The highest BCUT2D eigenvalue weighted by molar-refractivity contribution is 6.32. The highest BCUT2D eigenvalue weighted by atomic mass is 35.5. The molecular weight excluding hydrogens is 382 g/mol. The summed E-state index contributed by atoms with van der Waals surface area (Å²) < 4.78 is 5.41. The van der Waals surface area contributed by atoms with E-state index < -0.39 is 11.9 Å². The van der Waals surface area contributed by atoms with E-state index in [4.69, 9.17) is 16.3 Å². The molecule has 1 aromatic rings. The summed E-state index contributed by atoms with van der Waals surface area (Å²) in [5.41, 5.74) is 2.28. The molecule has 7 nitrogen and oxygen atoms in total. The number of amides is 4. The Bertz CT molecular complexity index is 705. The molecule has 0 saturated carbocycles. The highest BCUT2D eigenvalue weighted by Crippen LogP contribution is 2.36. The second-order valence-corrected chi connectivity index (χ2v) is 7.27. The predicted molar refractivity (Wildman–Crippen MR) is 108 cm³/mol. The molecule has 1 aliphatic rings. The highest BCUT2D eigenvalue weighted by Gasteiger charge is 2.25. The number of carbonyl (C=O) groups excluding carboxylic acids is 3. The van der Waals surface area contributed by atoms with Crippen LogP contribution in [0.25, 0.3) is 0 Å². The van der Waals surface area contributed by atoms with E-state index in [1.807, 2.05) is 11.0 Å². The minimum absolute atomic E-state index is 0.00417. The zero-order valence-electron chi connectivity index (χ0n) is 16.6. The van der Waals surface area contributed by atoms with E-state index >= 15 is 0 Å². The van der Waals surface area contributed by atoms with Gasteiger partial charge in [-0.3, -0.25) is 14.9 Å². The number of imide groups is 1. The first kappa shape index (κ1) is 22.0. The van der Waals surface area contributed by atoms with Crippen LogP contribution in [0, 0.1) is 0 Å². The van der Waals surface area contributed by atoms with Gasteiger partial charge in [-0.1, -0.05) is 24.6 Å². The Balaban J connectivity index is 1.86. The van der Waals surface area contributed by atoms with Gasteiger partial charge in [0.2, 0.25) is 11.8 Å². The van der Waals surface area contributed by atoms with E-state index in [0.717, 1.165) is 24.8 Å². The van der Waals surface area contributed by atoms with Crippen LogP contribution in [-0.4, -0.2) is 49.5 Å². The van der Waals surface area contributed by atoms with Crippen molar-refractivity contribution in [2.24, 2.45) is 0 Å². The van der Waals surface area contributed by atoms with Gasteiger partial charge in [-0.25, -0.2) is 4.79 Å². The lowest BCUT2D eigenvalue weighted by Gasteiger charge is -2.32. The molecule has 1 aromatic carbocycles. The van der Waals surface area contributed by atoms with Gasteiger partial charge in [0.15, 0.2) is 0 Å². The van der Waals surface area contributed by atoms with Gasteiger partial charge in [0, 0.05) is 33.0 Å². The van der Waals surface area contributed by atoms with Crippen LogP contribution in [0.2, 0.25) is 5.02 Å². The van der Waals surface area contributed by atoms with Gasteiger partial charge in [0.1, 0.15) is 5.75 Å². The van der Waals surface area contributed by atoms with Crippen molar-refractivity contribution >= 4 is 29.4 Å². The van der Waals surface area contributed by atoms with Crippen LogP contribution in [0.4, 0.5) is 4.79 Å². The van der Waals surface area contributed by atoms with Crippen molar-refractivity contribution in [3.05, 3.63) is 28.3 Å². The molecule has 0 aliphatic carbocycles. The summed E-state index contributed by atoms with van der Waals surface area (Å²) in [6, 6.07) is 3.56. The lowest BCUT2D eigenvalue weighted by atomic mass is 9.88. The van der Waals surface area contributed by atoms with E-state index in [1.165, 1.54) is 12.5 Å². The molecule has 1 saturated heterocycles. The lowest BCUT2D eigenvalue weighted by molar-refractivity contribution is -0.132. The molecule has 1 fully saturated rings. The molecule has 8 heteroatoms. The molecule has 4 amide bonds. The van der Waals surface area contributed by atoms with Crippen LogP contribution in [0.15, 0.2) is 12.1 Å². The Morgan fingerprint density at radius 2 is 1.93 bits per heavy atom. The fourth-order valence-corrected chi connectivity index (χ4v) is 3.75. The van der Waals surface area contributed by atoms with Gasteiger partial charge < -0.3 is 15.0 Å². The fraction of sp³-hybridized carbons (Fsp3) is 0.550. The van der Waals surface area contributed by atoms with Gasteiger partial charge in [-0.15, -0.1) is 0 Å². The molecule has 0 spiro atoms. The molecular formula is C20H28ClN3O4. The number of halogens is 1. The fourth-order valence-electron chi connectivity index (χ4n) is 3.43. The average Bonchev–Trinajstić information content (AvgIpc) is 2.67. The van der Waals surface area contributed by atoms with Crippen LogP contribution in [0.5, 0.6) is 5.75 Å². The van der Waals surface area contributed by atoms with E-state index in [1.54, 1.807) is 7.11 Å². The summed E-state index contributed by atoms with van der Waals surface area (Å²) in [4.78, 5) is 36.3. The number of nitrogens with zero attached hydrogens (tertiary/aromatic N) is 1. The van der Waals surface area contributed by atoms with E-state index in [0.29, 0.717) is 29.8 Å². The largest absolute Gasteiger partial charge is 0.495 e. The van der Waals surface area contributed by atoms with Crippen molar-refractivity contribution in [2.75, 3.05) is 26.7 Å². The van der Waals surface area contributed by atoms with Crippen molar-refractivity contribution in [2.45, 2.75) is 45.4 Å². The van der Waals surface area contributed by atoms with Crippen molar-refractivity contribution in [1.82, 2.24) is 15.5 Å². The molecule has 2 rings (SSSR count). The zero-order valence-corrected chi connectivity index (χ0v) is 17.4. The van der Waals surface area contributed by atoms with Crippen molar-refractivity contribution in [3.8, 4) is 5.75 Å². The van der Waals surface area contributed by atoms with Gasteiger partial charge >= 0.3 is 6.03 Å². The molecule has 1 aliphatic heterocycles. The molecule has 0 atom stereocenters. The first-order valence-electron chi connectivity index (χ1n) is 9.55. The minimum atomic E-state index is -0.581. The number of benzene rings is 1. The Morgan fingerprint density at radius 1 is 1.25 bits per heavy atom. The van der Waals surface area contributed by atoms with Gasteiger partial charge in [-0.05, 0) is 42.4 Å². The average molecular weight is 410 g/mol. The van der Waals surface area contributed by atoms with E-state index in [-0.39, 0.29) is 18.9 Å². The van der Waals surface area contributed by atoms with Gasteiger partial charge in [-0.2, -0.15) is 0 Å². The molecule has 0 radical (unpaired) electrons. The number of piperidine rings is 1. The number of ether oxygens (including phenoxy) is 1. The summed E-state index contributed by atoms with van der Waals surface area (Å²) >= 11 is 6.35. The second kappa shape index (κ2) is 10.3. The first-order valence-corrected chi connectivity index (χ1v) is 9.93. The Hall–Kier alpha value is -2.28. The first-order chi connectivity index (χ1) is 13.3. The Kier molecular flexibility index (Phi) is 8.11. The normalized spacial score (nSPS) is 14.5. The number of likely N-dealkylation sites (tertiary alicyclic amines) is 1. The third-order valence-corrected chi connectivity index (χ3v) is 5.40.